The predicted octanol–water partition coefficient (Wildman–Crippen LogP) is 1.64. The van der Waals surface area contributed by atoms with Gasteiger partial charge < -0.3 is 9.84 Å². The molecule has 0 aromatic rings. The van der Waals surface area contributed by atoms with Gasteiger partial charge in [0.05, 0.1) is 0 Å². The number of amides is 1. The highest BCUT2D eigenvalue weighted by atomic mass is 16.6. The highest BCUT2D eigenvalue weighted by Gasteiger charge is 2.38. The topological polar surface area (TPSA) is 66.8 Å². The molecular weight excluding hydrogens is 210 g/mol. The Morgan fingerprint density at radius 1 is 1.50 bits per heavy atom. The summed E-state index contributed by atoms with van der Waals surface area (Å²) in [6.45, 7) is 9.16. The van der Waals surface area contributed by atoms with Gasteiger partial charge in [0.25, 0.3) is 0 Å². The molecule has 1 fully saturated rings. The molecule has 1 rings (SSSR count). The van der Waals surface area contributed by atoms with Crippen molar-refractivity contribution in [1.29, 1.82) is 0 Å². The van der Waals surface area contributed by atoms with E-state index in [0.717, 1.165) is 10.5 Å². The number of esters is 1. The lowest BCUT2D eigenvalue weighted by Gasteiger charge is -2.25. The van der Waals surface area contributed by atoms with Crippen LogP contribution >= 0.6 is 0 Å². The van der Waals surface area contributed by atoms with Crippen LogP contribution in [0.2, 0.25) is 0 Å². The van der Waals surface area contributed by atoms with E-state index in [-0.39, 0.29) is 6.54 Å². The number of carbonyl (C=O) groups is 2. The maximum atomic E-state index is 11.8. The number of nitrogens with zero attached hydrogens (tertiary/aromatic N) is 1. The van der Waals surface area contributed by atoms with E-state index in [4.69, 9.17) is 9.84 Å². The van der Waals surface area contributed by atoms with Gasteiger partial charge in [-0.15, -0.1) is 0 Å². The number of rotatable bonds is 1. The van der Waals surface area contributed by atoms with Crippen LogP contribution < -0.4 is 0 Å². The monoisotopic (exact) mass is 227 g/mol. The molecule has 5 heteroatoms. The van der Waals surface area contributed by atoms with Crippen molar-refractivity contribution in [1.82, 2.24) is 4.90 Å². The molecule has 1 aliphatic rings. The fourth-order valence-corrected chi connectivity index (χ4v) is 1.58. The zero-order chi connectivity index (χ0) is 12.5. The van der Waals surface area contributed by atoms with Crippen LogP contribution in [-0.2, 0) is 9.53 Å². The Bertz CT molecular complexity index is 329. The van der Waals surface area contributed by atoms with E-state index in [1.807, 2.05) is 0 Å². The fourth-order valence-electron chi connectivity index (χ4n) is 1.58. The zero-order valence-electron chi connectivity index (χ0n) is 9.82. The molecule has 1 amide bonds. The van der Waals surface area contributed by atoms with Crippen LogP contribution in [0.3, 0.4) is 0 Å². The lowest BCUT2D eigenvalue weighted by Crippen LogP contribution is -2.42. The lowest BCUT2D eigenvalue weighted by atomic mass is 10.1. The number of hydrogen-bond acceptors (Lipinski definition) is 3. The quantitative estimate of drug-likeness (QED) is 0.546. The minimum atomic E-state index is -1.12. The first-order valence-corrected chi connectivity index (χ1v) is 5.10. The van der Waals surface area contributed by atoms with Crippen LogP contribution in [0, 0.1) is 0 Å². The average molecular weight is 227 g/mol. The highest BCUT2D eigenvalue weighted by molar-refractivity contribution is 5.82. The molecule has 0 radical (unpaired) electrons. The largest absolute Gasteiger partial charge is 0.465 e. The van der Waals surface area contributed by atoms with Crippen LogP contribution in [0.5, 0.6) is 0 Å². The van der Waals surface area contributed by atoms with Gasteiger partial charge in [0, 0.05) is 13.0 Å². The molecule has 1 aliphatic heterocycles. The fraction of sp³-hybridized carbons (Fsp3) is 0.636. The summed E-state index contributed by atoms with van der Waals surface area (Å²) in [4.78, 5) is 23.7. The van der Waals surface area contributed by atoms with Crippen LogP contribution in [0.1, 0.15) is 27.2 Å². The standard InChI is InChI=1S/C11H17NO4/c1-7-5-8(12(6-7)10(14)15)9(13)16-11(2,3)4/h8H,1,5-6H2,2-4H3,(H,14,15). The summed E-state index contributed by atoms with van der Waals surface area (Å²) in [5.41, 5.74) is 0.129. The molecular formula is C11H17NO4. The Labute approximate surface area is 94.7 Å². The van der Waals surface area contributed by atoms with Crippen LogP contribution in [-0.4, -0.2) is 40.3 Å². The summed E-state index contributed by atoms with van der Waals surface area (Å²) >= 11 is 0. The number of carbonyl (C=O) groups excluding carboxylic acids is 1. The van der Waals surface area contributed by atoms with Crippen LogP contribution in [0.15, 0.2) is 12.2 Å². The number of ether oxygens (including phenoxy) is 1. The van der Waals surface area contributed by atoms with E-state index in [9.17, 15) is 9.59 Å². The Morgan fingerprint density at radius 2 is 2.06 bits per heavy atom. The molecule has 0 aliphatic carbocycles. The maximum absolute atomic E-state index is 11.8. The first kappa shape index (κ1) is 12.5. The predicted molar refractivity (Wildman–Crippen MR) is 58.1 cm³/mol. The Morgan fingerprint density at radius 3 is 2.50 bits per heavy atom. The van der Waals surface area contributed by atoms with Gasteiger partial charge in [-0.1, -0.05) is 12.2 Å². The summed E-state index contributed by atoms with van der Waals surface area (Å²) in [5.74, 6) is -0.506. The summed E-state index contributed by atoms with van der Waals surface area (Å²) in [5, 5.41) is 8.93. The maximum Gasteiger partial charge on any atom is 0.408 e. The van der Waals surface area contributed by atoms with Crippen molar-refractivity contribution in [3.05, 3.63) is 12.2 Å². The normalized spacial score (nSPS) is 21.1. The van der Waals surface area contributed by atoms with Crippen molar-refractivity contribution in [2.75, 3.05) is 6.54 Å². The average Bonchev–Trinajstić information content (AvgIpc) is 2.44. The zero-order valence-corrected chi connectivity index (χ0v) is 9.82. The number of hydrogen-bond donors (Lipinski definition) is 1. The molecule has 1 heterocycles. The van der Waals surface area contributed by atoms with Crippen LogP contribution in [0.25, 0.3) is 0 Å². The minimum Gasteiger partial charge on any atom is -0.465 e. The molecule has 0 aromatic carbocycles. The molecule has 0 bridgehead atoms. The number of likely N-dealkylation sites (tertiary alicyclic amines) is 1. The molecule has 0 aromatic heterocycles. The van der Waals surface area contributed by atoms with E-state index in [2.05, 4.69) is 6.58 Å². The van der Waals surface area contributed by atoms with E-state index in [1.165, 1.54) is 0 Å². The molecule has 90 valence electrons. The highest BCUT2D eigenvalue weighted by Crippen LogP contribution is 2.23. The summed E-state index contributed by atoms with van der Waals surface area (Å²) in [6, 6.07) is -0.746. The van der Waals surface area contributed by atoms with Gasteiger partial charge in [0.2, 0.25) is 0 Å². The third-order valence-electron chi connectivity index (χ3n) is 2.18. The summed E-state index contributed by atoms with van der Waals surface area (Å²) in [7, 11) is 0. The molecule has 1 unspecified atom stereocenters. The van der Waals surface area contributed by atoms with E-state index < -0.39 is 23.7 Å². The van der Waals surface area contributed by atoms with Crippen molar-refractivity contribution < 1.29 is 19.4 Å². The first-order chi connectivity index (χ1) is 7.20. The Kier molecular flexibility index (Phi) is 3.26. The molecule has 0 saturated carbocycles. The number of carboxylic acid groups (broad SMARTS) is 1. The smallest absolute Gasteiger partial charge is 0.408 e. The molecule has 1 saturated heterocycles. The Balaban J connectivity index is 2.75. The van der Waals surface area contributed by atoms with Gasteiger partial charge in [0.15, 0.2) is 0 Å². The van der Waals surface area contributed by atoms with Crippen molar-refractivity contribution in [2.24, 2.45) is 0 Å². The second-order valence-electron chi connectivity index (χ2n) is 4.91. The third kappa shape index (κ3) is 2.98. The second kappa shape index (κ2) is 4.15. The van der Waals surface area contributed by atoms with E-state index in [1.54, 1.807) is 20.8 Å². The molecule has 1 N–H and O–H groups in total. The lowest BCUT2D eigenvalue weighted by molar-refractivity contribution is -0.159. The molecule has 16 heavy (non-hydrogen) atoms. The Hall–Kier alpha value is -1.52. The SMILES string of the molecule is C=C1CC(C(=O)OC(C)(C)C)N(C(=O)O)C1. The van der Waals surface area contributed by atoms with Gasteiger partial charge >= 0.3 is 12.1 Å². The van der Waals surface area contributed by atoms with Crippen molar-refractivity contribution in [2.45, 2.75) is 38.8 Å². The minimum absolute atomic E-state index is 0.208. The van der Waals surface area contributed by atoms with E-state index in [0.29, 0.717) is 6.42 Å². The van der Waals surface area contributed by atoms with Gasteiger partial charge in [-0.25, -0.2) is 9.59 Å². The van der Waals surface area contributed by atoms with Gasteiger partial charge in [-0.2, -0.15) is 0 Å². The molecule has 5 nitrogen and oxygen atoms in total. The van der Waals surface area contributed by atoms with E-state index >= 15 is 0 Å². The van der Waals surface area contributed by atoms with Crippen molar-refractivity contribution in [3.63, 3.8) is 0 Å². The van der Waals surface area contributed by atoms with Gasteiger partial charge in [-0.3, -0.25) is 4.90 Å². The third-order valence-corrected chi connectivity index (χ3v) is 2.18. The second-order valence-corrected chi connectivity index (χ2v) is 4.91. The van der Waals surface area contributed by atoms with Crippen molar-refractivity contribution in [3.8, 4) is 0 Å². The van der Waals surface area contributed by atoms with Crippen LogP contribution in [0.4, 0.5) is 4.79 Å². The van der Waals surface area contributed by atoms with Gasteiger partial charge in [0.1, 0.15) is 11.6 Å². The molecule has 1 atom stereocenters. The first-order valence-electron chi connectivity index (χ1n) is 5.10. The van der Waals surface area contributed by atoms with Crippen molar-refractivity contribution >= 4 is 12.1 Å². The summed E-state index contributed by atoms with van der Waals surface area (Å²) in [6.07, 6.45) is -0.768. The molecule has 0 spiro atoms. The summed E-state index contributed by atoms with van der Waals surface area (Å²) < 4.78 is 5.17. The van der Waals surface area contributed by atoms with Gasteiger partial charge in [-0.05, 0) is 20.8 Å².